The molecule has 1 N–H and O–H groups in total. The van der Waals surface area contributed by atoms with E-state index in [0.717, 1.165) is 24.2 Å². The van der Waals surface area contributed by atoms with Crippen molar-refractivity contribution in [2.24, 2.45) is 23.7 Å². The number of rotatable bonds is 7. The van der Waals surface area contributed by atoms with Gasteiger partial charge in [0.05, 0.1) is 31.7 Å². The molecule has 9 heteroatoms. The molecule has 1 saturated heterocycles. The molecule has 9 nitrogen and oxygen atoms in total. The summed E-state index contributed by atoms with van der Waals surface area (Å²) in [5.41, 5.74) is 0.367. The standard InChI is InChI=1S/C21H24N2O7/c1-28-13-5-6-15(29-2)14(8-13)22-16(24)10-30-17(25)9-23-20(26)18-11-3-4-12(7-11)19(18)21(23)27/h5-6,8,11-12,18-19H,3-4,7,9-10H2,1-2H3,(H,22,24)/t11-,12-,18-,19+/m0/s1. The van der Waals surface area contributed by atoms with Crippen LogP contribution in [0.4, 0.5) is 5.69 Å². The number of benzene rings is 1. The van der Waals surface area contributed by atoms with E-state index < -0.39 is 25.0 Å². The van der Waals surface area contributed by atoms with Crippen molar-refractivity contribution in [1.82, 2.24) is 4.90 Å². The van der Waals surface area contributed by atoms with Gasteiger partial charge in [-0.3, -0.25) is 24.1 Å². The second kappa shape index (κ2) is 7.97. The number of nitrogens with zero attached hydrogens (tertiary/aromatic N) is 1. The van der Waals surface area contributed by atoms with Crippen molar-refractivity contribution in [2.75, 3.05) is 32.7 Å². The van der Waals surface area contributed by atoms with Gasteiger partial charge in [0, 0.05) is 6.07 Å². The van der Waals surface area contributed by atoms with Crippen molar-refractivity contribution in [2.45, 2.75) is 19.3 Å². The number of ether oxygens (including phenoxy) is 3. The fourth-order valence-corrected chi connectivity index (χ4v) is 5.05. The first-order valence-corrected chi connectivity index (χ1v) is 9.95. The normalized spacial score (nSPS) is 26.5. The Morgan fingerprint density at radius 2 is 1.73 bits per heavy atom. The Morgan fingerprint density at radius 3 is 2.33 bits per heavy atom. The van der Waals surface area contributed by atoms with Crippen LogP contribution in [0.1, 0.15) is 19.3 Å². The molecule has 1 aromatic rings. The van der Waals surface area contributed by atoms with Crippen LogP contribution >= 0.6 is 0 Å². The van der Waals surface area contributed by atoms with E-state index in [1.54, 1.807) is 18.2 Å². The molecule has 1 aliphatic heterocycles. The molecule has 30 heavy (non-hydrogen) atoms. The fourth-order valence-electron chi connectivity index (χ4n) is 5.05. The Morgan fingerprint density at radius 1 is 1.07 bits per heavy atom. The number of hydrogen-bond donors (Lipinski definition) is 1. The van der Waals surface area contributed by atoms with Crippen molar-refractivity contribution >= 4 is 29.4 Å². The summed E-state index contributed by atoms with van der Waals surface area (Å²) in [5.74, 6) is -1.05. The summed E-state index contributed by atoms with van der Waals surface area (Å²) < 4.78 is 15.3. The minimum Gasteiger partial charge on any atom is -0.497 e. The van der Waals surface area contributed by atoms with E-state index in [-0.39, 0.29) is 35.5 Å². The number of likely N-dealkylation sites (tertiary alicyclic amines) is 1. The lowest BCUT2D eigenvalue weighted by Gasteiger charge is -2.19. The second-order valence-corrected chi connectivity index (χ2v) is 7.92. The monoisotopic (exact) mass is 416 g/mol. The second-order valence-electron chi connectivity index (χ2n) is 7.92. The van der Waals surface area contributed by atoms with Crippen LogP contribution in [0, 0.1) is 23.7 Å². The number of amides is 3. The molecule has 4 rings (SSSR count). The predicted molar refractivity (Wildman–Crippen MR) is 104 cm³/mol. The van der Waals surface area contributed by atoms with Gasteiger partial charge in [0.25, 0.3) is 5.91 Å². The average molecular weight is 416 g/mol. The molecule has 160 valence electrons. The molecule has 2 bridgehead atoms. The highest BCUT2D eigenvalue weighted by Crippen LogP contribution is 2.56. The number of hydrogen-bond acceptors (Lipinski definition) is 7. The third-order valence-corrected chi connectivity index (χ3v) is 6.35. The highest BCUT2D eigenvalue weighted by Gasteiger charge is 2.61. The van der Waals surface area contributed by atoms with Crippen LogP contribution in [0.5, 0.6) is 11.5 Å². The van der Waals surface area contributed by atoms with Crippen molar-refractivity contribution in [3.8, 4) is 11.5 Å². The smallest absolute Gasteiger partial charge is 0.326 e. The molecule has 2 saturated carbocycles. The van der Waals surface area contributed by atoms with Crippen LogP contribution in [0.2, 0.25) is 0 Å². The number of nitrogens with one attached hydrogen (secondary N) is 1. The van der Waals surface area contributed by atoms with Crippen molar-refractivity contribution < 1.29 is 33.4 Å². The molecule has 3 amide bonds. The molecule has 3 fully saturated rings. The van der Waals surface area contributed by atoms with Crippen molar-refractivity contribution in [1.29, 1.82) is 0 Å². The van der Waals surface area contributed by atoms with Crippen molar-refractivity contribution in [3.05, 3.63) is 18.2 Å². The topological polar surface area (TPSA) is 111 Å². The molecular weight excluding hydrogens is 392 g/mol. The zero-order chi connectivity index (χ0) is 21.4. The highest BCUT2D eigenvalue weighted by atomic mass is 16.5. The van der Waals surface area contributed by atoms with E-state index in [1.165, 1.54) is 14.2 Å². The van der Waals surface area contributed by atoms with Crippen LogP contribution in [-0.4, -0.2) is 56.0 Å². The first-order chi connectivity index (χ1) is 14.4. The Balaban J connectivity index is 1.31. The van der Waals surface area contributed by atoms with Gasteiger partial charge in [-0.05, 0) is 43.2 Å². The van der Waals surface area contributed by atoms with Crippen LogP contribution in [0.15, 0.2) is 18.2 Å². The van der Waals surface area contributed by atoms with Crippen LogP contribution < -0.4 is 14.8 Å². The molecule has 4 atom stereocenters. The van der Waals surface area contributed by atoms with Gasteiger partial charge in [-0.2, -0.15) is 0 Å². The largest absolute Gasteiger partial charge is 0.497 e. The van der Waals surface area contributed by atoms with Crippen LogP contribution in [-0.2, 0) is 23.9 Å². The summed E-state index contributed by atoms with van der Waals surface area (Å²) in [7, 11) is 2.96. The number of imide groups is 1. The molecular formula is C21H24N2O7. The lowest BCUT2D eigenvalue weighted by Crippen LogP contribution is -2.38. The van der Waals surface area contributed by atoms with Gasteiger partial charge in [0.1, 0.15) is 18.0 Å². The average Bonchev–Trinajstić information content (AvgIpc) is 3.42. The number of fused-ring (bicyclic) bond motifs is 5. The maximum absolute atomic E-state index is 12.6. The fraction of sp³-hybridized carbons (Fsp3) is 0.524. The van der Waals surface area contributed by atoms with Gasteiger partial charge in [-0.15, -0.1) is 0 Å². The molecule has 2 aliphatic carbocycles. The van der Waals surface area contributed by atoms with Gasteiger partial charge < -0.3 is 19.5 Å². The Hall–Kier alpha value is -3.10. The first kappa shape index (κ1) is 20.2. The summed E-state index contributed by atoms with van der Waals surface area (Å²) in [6.45, 7) is -1.01. The van der Waals surface area contributed by atoms with Gasteiger partial charge in [-0.25, -0.2) is 0 Å². The van der Waals surface area contributed by atoms with Gasteiger partial charge in [-0.1, -0.05) is 0 Å². The summed E-state index contributed by atoms with van der Waals surface area (Å²) in [5, 5.41) is 2.59. The van der Waals surface area contributed by atoms with E-state index in [2.05, 4.69) is 5.32 Å². The predicted octanol–water partition coefficient (Wildman–Crippen LogP) is 1.22. The van der Waals surface area contributed by atoms with Gasteiger partial charge in [0.2, 0.25) is 11.8 Å². The molecule has 0 radical (unpaired) electrons. The van der Waals surface area contributed by atoms with E-state index in [0.29, 0.717) is 17.2 Å². The van der Waals surface area contributed by atoms with E-state index in [1.807, 2.05) is 0 Å². The number of methoxy groups -OCH3 is 2. The molecule has 0 aromatic heterocycles. The Labute approximate surface area is 173 Å². The SMILES string of the molecule is COc1ccc(OC)c(NC(=O)COC(=O)CN2C(=O)[C@@H]3[C@H]4CC[C@@H](C4)[C@@H]3C2=O)c1. The van der Waals surface area contributed by atoms with Crippen LogP contribution in [0.3, 0.4) is 0 Å². The van der Waals surface area contributed by atoms with Gasteiger partial charge in [0.15, 0.2) is 6.61 Å². The highest BCUT2D eigenvalue weighted by molar-refractivity contribution is 6.08. The zero-order valence-electron chi connectivity index (χ0n) is 16.9. The quantitative estimate of drug-likeness (QED) is 0.525. The maximum Gasteiger partial charge on any atom is 0.326 e. The molecule has 3 aliphatic rings. The summed E-state index contributed by atoms with van der Waals surface area (Å²) in [6, 6.07) is 4.89. The molecule has 0 spiro atoms. The van der Waals surface area contributed by atoms with Gasteiger partial charge >= 0.3 is 5.97 Å². The molecule has 1 heterocycles. The minimum absolute atomic E-state index is 0.251. The van der Waals surface area contributed by atoms with E-state index in [9.17, 15) is 19.2 Å². The third-order valence-electron chi connectivity index (χ3n) is 6.35. The summed E-state index contributed by atoms with van der Waals surface area (Å²) in [6.07, 6.45) is 2.87. The number of anilines is 1. The summed E-state index contributed by atoms with van der Waals surface area (Å²) in [4.78, 5) is 50.6. The number of carbonyl (C=O) groups excluding carboxylic acids is 4. The Bertz CT molecular complexity index is 871. The third kappa shape index (κ3) is 3.48. The maximum atomic E-state index is 12.6. The van der Waals surface area contributed by atoms with E-state index >= 15 is 0 Å². The Kier molecular flexibility index (Phi) is 5.36. The molecule has 0 unspecified atom stereocenters. The van der Waals surface area contributed by atoms with Crippen molar-refractivity contribution in [3.63, 3.8) is 0 Å². The lowest BCUT2D eigenvalue weighted by molar-refractivity contribution is -0.154. The first-order valence-electron chi connectivity index (χ1n) is 9.95. The number of esters is 1. The zero-order valence-corrected chi connectivity index (χ0v) is 16.9. The number of carbonyl (C=O) groups is 4. The summed E-state index contributed by atoms with van der Waals surface area (Å²) >= 11 is 0. The van der Waals surface area contributed by atoms with Crippen LogP contribution in [0.25, 0.3) is 0 Å². The minimum atomic E-state index is -0.795. The lowest BCUT2D eigenvalue weighted by atomic mass is 9.81. The molecule has 1 aromatic carbocycles. The van der Waals surface area contributed by atoms with E-state index in [4.69, 9.17) is 14.2 Å².